The Morgan fingerprint density at radius 3 is 2.21 bits per heavy atom. The zero-order chi connectivity index (χ0) is 24.5. The first-order valence-electron chi connectivity index (χ1n) is 10.2. The van der Waals surface area contributed by atoms with Crippen LogP contribution in [-0.2, 0) is 14.3 Å². The number of hydrogen-bond donors (Lipinski definition) is 2. The molecular weight excluding hydrogens is 443 g/mol. The average Bonchev–Trinajstić information content (AvgIpc) is 2.82. The molecule has 0 unspecified atom stereocenters. The normalized spacial score (nSPS) is 10.2. The van der Waals surface area contributed by atoms with Gasteiger partial charge in [0.15, 0.2) is 6.61 Å². The van der Waals surface area contributed by atoms with E-state index in [1.54, 1.807) is 24.3 Å². The molecule has 2 amide bonds. The van der Waals surface area contributed by atoms with Gasteiger partial charge in [0.1, 0.15) is 23.9 Å². The smallest absolute Gasteiger partial charge is 0.325 e. The van der Waals surface area contributed by atoms with Crippen molar-refractivity contribution in [2.24, 2.45) is 0 Å². The number of benzene rings is 3. The van der Waals surface area contributed by atoms with Crippen molar-refractivity contribution in [1.82, 2.24) is 5.32 Å². The fourth-order valence-corrected chi connectivity index (χ4v) is 2.85. The van der Waals surface area contributed by atoms with Crippen molar-refractivity contribution < 1.29 is 33.0 Å². The predicted octanol–water partition coefficient (Wildman–Crippen LogP) is 3.73. The highest BCUT2D eigenvalue weighted by atomic mass is 19.1. The van der Waals surface area contributed by atoms with Crippen LogP contribution in [0.15, 0.2) is 72.8 Å². The van der Waals surface area contributed by atoms with Crippen LogP contribution in [-0.4, -0.2) is 36.7 Å². The lowest BCUT2D eigenvalue weighted by molar-refractivity contribution is -0.141. The van der Waals surface area contributed by atoms with Crippen molar-refractivity contribution in [2.45, 2.75) is 6.92 Å². The van der Waals surface area contributed by atoms with Crippen LogP contribution in [0.3, 0.4) is 0 Å². The van der Waals surface area contributed by atoms with Crippen molar-refractivity contribution in [3.63, 3.8) is 0 Å². The summed E-state index contributed by atoms with van der Waals surface area (Å²) in [6.07, 6.45) is 0. The first-order valence-corrected chi connectivity index (χ1v) is 10.2. The first kappa shape index (κ1) is 24.1. The molecule has 34 heavy (non-hydrogen) atoms. The molecule has 0 spiro atoms. The SMILES string of the molecule is CC(=O)Nc1ccc(C(=O)COC(=O)CNC(=O)c2ccc(Oc3ccccc3)cc2)c(F)c1. The number of halogens is 1. The molecule has 0 saturated carbocycles. The Labute approximate surface area is 194 Å². The van der Waals surface area contributed by atoms with E-state index in [0.29, 0.717) is 17.1 Å². The van der Waals surface area contributed by atoms with Crippen LogP contribution in [0.1, 0.15) is 27.6 Å². The second-order valence-corrected chi connectivity index (χ2v) is 7.08. The molecule has 0 fully saturated rings. The van der Waals surface area contributed by atoms with Crippen LogP contribution in [0, 0.1) is 5.82 Å². The number of amides is 2. The van der Waals surface area contributed by atoms with Crippen LogP contribution in [0.25, 0.3) is 0 Å². The minimum atomic E-state index is -0.861. The van der Waals surface area contributed by atoms with Crippen molar-refractivity contribution in [3.05, 3.63) is 89.7 Å². The van der Waals surface area contributed by atoms with Gasteiger partial charge in [0.2, 0.25) is 11.7 Å². The number of carbonyl (C=O) groups excluding carboxylic acids is 4. The van der Waals surface area contributed by atoms with E-state index >= 15 is 0 Å². The van der Waals surface area contributed by atoms with Crippen LogP contribution >= 0.6 is 0 Å². The van der Waals surface area contributed by atoms with Gasteiger partial charge in [-0.05, 0) is 54.6 Å². The van der Waals surface area contributed by atoms with E-state index in [1.165, 1.54) is 31.2 Å². The number of para-hydroxylation sites is 1. The zero-order valence-electron chi connectivity index (χ0n) is 18.2. The van der Waals surface area contributed by atoms with Gasteiger partial charge in [0.25, 0.3) is 5.91 Å². The van der Waals surface area contributed by atoms with Gasteiger partial charge >= 0.3 is 5.97 Å². The first-order chi connectivity index (χ1) is 16.3. The van der Waals surface area contributed by atoms with Gasteiger partial charge in [-0.3, -0.25) is 19.2 Å². The summed E-state index contributed by atoms with van der Waals surface area (Å²) in [6.45, 7) is 0.0969. The van der Waals surface area contributed by atoms with Gasteiger partial charge in [-0.2, -0.15) is 0 Å². The molecule has 0 aliphatic heterocycles. The molecule has 174 valence electrons. The van der Waals surface area contributed by atoms with Gasteiger partial charge in [0, 0.05) is 18.2 Å². The lowest BCUT2D eigenvalue weighted by Crippen LogP contribution is -2.31. The number of rotatable bonds is 9. The Bertz CT molecular complexity index is 1200. The number of nitrogens with one attached hydrogen (secondary N) is 2. The van der Waals surface area contributed by atoms with E-state index in [4.69, 9.17) is 9.47 Å². The number of esters is 1. The lowest BCUT2D eigenvalue weighted by atomic mass is 10.1. The summed E-state index contributed by atoms with van der Waals surface area (Å²) in [6, 6.07) is 19.0. The average molecular weight is 464 g/mol. The lowest BCUT2D eigenvalue weighted by Gasteiger charge is -2.09. The number of carbonyl (C=O) groups is 4. The fourth-order valence-electron chi connectivity index (χ4n) is 2.85. The van der Waals surface area contributed by atoms with E-state index in [1.807, 2.05) is 18.2 Å². The second-order valence-electron chi connectivity index (χ2n) is 7.08. The van der Waals surface area contributed by atoms with Gasteiger partial charge in [0.05, 0.1) is 5.56 Å². The molecule has 0 radical (unpaired) electrons. The Balaban J connectivity index is 1.45. The second kappa shape index (κ2) is 11.4. The topological polar surface area (TPSA) is 111 Å². The molecule has 9 heteroatoms. The molecular formula is C25H21FN2O6. The quantitative estimate of drug-likeness (QED) is 0.369. The summed E-state index contributed by atoms with van der Waals surface area (Å²) in [5.41, 5.74) is 0.204. The van der Waals surface area contributed by atoms with Crippen molar-refractivity contribution in [1.29, 1.82) is 0 Å². The Hall–Kier alpha value is -4.53. The molecule has 0 saturated heterocycles. The minimum Gasteiger partial charge on any atom is -0.457 e. The number of anilines is 1. The number of Topliss-reactive ketones (excluding diaryl/α,β-unsaturated/α-hetero) is 1. The predicted molar refractivity (Wildman–Crippen MR) is 121 cm³/mol. The third kappa shape index (κ3) is 6.99. The number of hydrogen-bond acceptors (Lipinski definition) is 6. The molecule has 0 bridgehead atoms. The van der Waals surface area contributed by atoms with Gasteiger partial charge in [-0.15, -0.1) is 0 Å². The van der Waals surface area contributed by atoms with E-state index in [2.05, 4.69) is 10.6 Å². The summed E-state index contributed by atoms with van der Waals surface area (Å²) in [5.74, 6) is -2.19. The monoisotopic (exact) mass is 464 g/mol. The summed E-state index contributed by atoms with van der Waals surface area (Å²) in [7, 11) is 0. The van der Waals surface area contributed by atoms with E-state index in [0.717, 1.165) is 6.07 Å². The van der Waals surface area contributed by atoms with Crippen LogP contribution in [0.4, 0.5) is 10.1 Å². The summed E-state index contributed by atoms with van der Waals surface area (Å²) in [4.78, 5) is 47.2. The largest absolute Gasteiger partial charge is 0.457 e. The van der Waals surface area contributed by atoms with Gasteiger partial charge in [-0.25, -0.2) is 4.39 Å². The molecule has 0 atom stereocenters. The van der Waals surface area contributed by atoms with E-state index in [-0.39, 0.29) is 17.2 Å². The number of ether oxygens (including phenoxy) is 2. The third-order valence-electron chi connectivity index (χ3n) is 4.44. The highest BCUT2D eigenvalue weighted by Gasteiger charge is 2.16. The molecule has 3 aromatic carbocycles. The van der Waals surface area contributed by atoms with E-state index in [9.17, 15) is 23.6 Å². The summed E-state index contributed by atoms with van der Waals surface area (Å²) in [5, 5.41) is 4.78. The number of ketones is 1. The Kier molecular flexibility index (Phi) is 8.07. The van der Waals surface area contributed by atoms with E-state index < -0.39 is 36.6 Å². The molecule has 2 N–H and O–H groups in total. The molecule has 0 aromatic heterocycles. The van der Waals surface area contributed by atoms with Gasteiger partial charge in [-0.1, -0.05) is 18.2 Å². The highest BCUT2D eigenvalue weighted by molar-refractivity contribution is 5.99. The molecule has 8 nitrogen and oxygen atoms in total. The van der Waals surface area contributed by atoms with Crippen molar-refractivity contribution in [2.75, 3.05) is 18.5 Å². The maximum atomic E-state index is 14.1. The minimum absolute atomic E-state index is 0.195. The maximum absolute atomic E-state index is 14.1. The molecule has 0 heterocycles. The highest BCUT2D eigenvalue weighted by Crippen LogP contribution is 2.21. The van der Waals surface area contributed by atoms with Crippen molar-refractivity contribution in [3.8, 4) is 11.5 Å². The molecule has 3 aromatic rings. The van der Waals surface area contributed by atoms with Crippen LogP contribution < -0.4 is 15.4 Å². The molecule has 0 aliphatic carbocycles. The maximum Gasteiger partial charge on any atom is 0.325 e. The Morgan fingerprint density at radius 1 is 0.882 bits per heavy atom. The molecule has 0 aliphatic rings. The summed E-state index contributed by atoms with van der Waals surface area (Å²) >= 11 is 0. The molecule has 3 rings (SSSR count). The standard InChI is InChI=1S/C25H21FN2O6/c1-16(29)28-18-9-12-21(22(26)13-18)23(30)15-33-24(31)14-27-25(32)17-7-10-20(11-8-17)34-19-5-3-2-4-6-19/h2-13H,14-15H2,1H3,(H,27,32)(H,28,29). The fraction of sp³-hybridized carbons (Fsp3) is 0.120. The Morgan fingerprint density at radius 2 is 1.56 bits per heavy atom. The van der Waals surface area contributed by atoms with Crippen molar-refractivity contribution >= 4 is 29.3 Å². The summed E-state index contributed by atoms with van der Waals surface area (Å²) < 4.78 is 24.6. The third-order valence-corrected chi connectivity index (χ3v) is 4.44. The van der Waals surface area contributed by atoms with Crippen LogP contribution in [0.5, 0.6) is 11.5 Å². The van der Waals surface area contributed by atoms with Crippen LogP contribution in [0.2, 0.25) is 0 Å². The van der Waals surface area contributed by atoms with Gasteiger partial charge < -0.3 is 20.1 Å². The zero-order valence-corrected chi connectivity index (χ0v) is 18.2.